The second-order valence-electron chi connectivity index (χ2n) is 10.2. The van der Waals surface area contributed by atoms with Gasteiger partial charge >= 0.3 is 0 Å². The molecule has 0 aliphatic rings. The van der Waals surface area contributed by atoms with Gasteiger partial charge in [0.15, 0.2) is 0 Å². The molecular weight excluding hydrogens is 484 g/mol. The first-order chi connectivity index (χ1) is 19.7. The van der Waals surface area contributed by atoms with E-state index in [1.54, 1.807) is 6.08 Å². The molecule has 2 heteroatoms. The van der Waals surface area contributed by atoms with Crippen molar-refractivity contribution in [2.24, 2.45) is 5.73 Å². The number of benzene rings is 7. The summed E-state index contributed by atoms with van der Waals surface area (Å²) in [6.45, 7) is 0.429. The molecule has 0 spiro atoms. The van der Waals surface area contributed by atoms with Gasteiger partial charge in [0, 0.05) is 6.54 Å². The summed E-state index contributed by atoms with van der Waals surface area (Å²) in [4.78, 5) is 0. The zero-order chi connectivity index (χ0) is 27.1. The summed E-state index contributed by atoms with van der Waals surface area (Å²) in [7, 11) is 0. The predicted molar refractivity (Wildman–Crippen MR) is 171 cm³/mol. The van der Waals surface area contributed by atoms with E-state index in [0.29, 0.717) is 12.3 Å². The van der Waals surface area contributed by atoms with Crippen LogP contribution in [0.25, 0.3) is 65.7 Å². The standard InChI is InChI=1S/C38H28N2/c39-23-5-10-36(40)29-17-15-28(16-18-29)35-24-34(27-13-11-26(12-14-27)25-6-2-1-3-7-25)32-21-19-30-8-4-9-31-20-22-33(35)38(32)37(30)31/h1-22,24,40H,23,39H2/b10-5-,40-36?. The topological polar surface area (TPSA) is 49.9 Å². The van der Waals surface area contributed by atoms with Crippen LogP contribution in [0.3, 0.4) is 0 Å². The van der Waals surface area contributed by atoms with Crippen LogP contribution in [0.1, 0.15) is 5.56 Å². The third-order valence-corrected chi connectivity index (χ3v) is 7.88. The van der Waals surface area contributed by atoms with Gasteiger partial charge in [0.2, 0.25) is 0 Å². The minimum Gasteiger partial charge on any atom is -0.327 e. The molecule has 0 heterocycles. The van der Waals surface area contributed by atoms with Gasteiger partial charge in [-0.3, -0.25) is 0 Å². The molecule has 0 aliphatic carbocycles. The highest BCUT2D eigenvalue weighted by molar-refractivity contribution is 6.28. The molecule has 0 unspecified atom stereocenters. The third kappa shape index (κ3) is 4.07. The Labute approximate surface area is 233 Å². The average molecular weight is 513 g/mol. The smallest absolute Gasteiger partial charge is 0.0609 e. The van der Waals surface area contributed by atoms with E-state index in [4.69, 9.17) is 11.1 Å². The van der Waals surface area contributed by atoms with Gasteiger partial charge in [-0.05, 0) is 83.4 Å². The Balaban J connectivity index is 1.45. The summed E-state index contributed by atoms with van der Waals surface area (Å²) in [5, 5.41) is 16.0. The lowest BCUT2D eigenvalue weighted by molar-refractivity contribution is 1.25. The van der Waals surface area contributed by atoms with E-state index < -0.39 is 0 Å². The Morgan fingerprint density at radius 3 is 1.70 bits per heavy atom. The maximum atomic E-state index is 8.36. The Hall–Kier alpha value is -5.05. The summed E-state index contributed by atoms with van der Waals surface area (Å²) < 4.78 is 0. The average Bonchev–Trinajstić information content (AvgIpc) is 3.03. The first kappa shape index (κ1) is 24.0. The lowest BCUT2D eigenvalue weighted by atomic mass is 9.85. The van der Waals surface area contributed by atoms with Gasteiger partial charge in [-0.2, -0.15) is 0 Å². The van der Waals surface area contributed by atoms with E-state index in [0.717, 1.165) is 11.1 Å². The largest absolute Gasteiger partial charge is 0.327 e. The minimum absolute atomic E-state index is 0.429. The molecule has 0 radical (unpaired) electrons. The number of rotatable bonds is 6. The number of hydrogen-bond donors (Lipinski definition) is 2. The summed E-state index contributed by atoms with van der Waals surface area (Å²) in [5.74, 6) is 0. The molecule has 0 amide bonds. The minimum atomic E-state index is 0.429. The molecule has 3 N–H and O–H groups in total. The maximum Gasteiger partial charge on any atom is 0.0609 e. The normalized spacial score (nSPS) is 11.7. The van der Waals surface area contributed by atoms with Crippen LogP contribution in [0.2, 0.25) is 0 Å². The molecule has 7 rings (SSSR count). The molecular formula is C38H28N2. The zero-order valence-electron chi connectivity index (χ0n) is 22.1. The molecule has 0 aliphatic heterocycles. The molecule has 7 aromatic rings. The van der Waals surface area contributed by atoms with Crippen LogP contribution < -0.4 is 5.73 Å². The molecule has 0 saturated heterocycles. The van der Waals surface area contributed by atoms with Crippen molar-refractivity contribution in [2.45, 2.75) is 0 Å². The fourth-order valence-electron chi connectivity index (χ4n) is 5.89. The van der Waals surface area contributed by atoms with Crippen LogP contribution in [0.15, 0.2) is 140 Å². The molecule has 2 nitrogen and oxygen atoms in total. The summed E-state index contributed by atoms with van der Waals surface area (Å²) in [5.41, 5.74) is 14.1. The van der Waals surface area contributed by atoms with Gasteiger partial charge in [-0.25, -0.2) is 0 Å². The lowest BCUT2D eigenvalue weighted by Crippen LogP contribution is -1.98. The highest BCUT2D eigenvalue weighted by atomic mass is 14.5. The molecule has 40 heavy (non-hydrogen) atoms. The highest BCUT2D eigenvalue weighted by Crippen LogP contribution is 2.44. The second-order valence-corrected chi connectivity index (χ2v) is 10.2. The van der Waals surface area contributed by atoms with E-state index in [-0.39, 0.29) is 0 Å². The van der Waals surface area contributed by atoms with E-state index in [2.05, 4.69) is 115 Å². The summed E-state index contributed by atoms with van der Waals surface area (Å²) >= 11 is 0. The number of nitrogens with two attached hydrogens (primary N) is 1. The monoisotopic (exact) mass is 512 g/mol. The van der Waals surface area contributed by atoms with Crippen molar-refractivity contribution < 1.29 is 0 Å². The van der Waals surface area contributed by atoms with Gasteiger partial charge in [0.05, 0.1) is 5.71 Å². The number of hydrogen-bond acceptors (Lipinski definition) is 2. The van der Waals surface area contributed by atoms with E-state index in [9.17, 15) is 0 Å². The van der Waals surface area contributed by atoms with Crippen LogP contribution in [0.5, 0.6) is 0 Å². The van der Waals surface area contributed by atoms with Gasteiger partial charge in [-0.15, -0.1) is 0 Å². The Morgan fingerprint density at radius 1 is 0.550 bits per heavy atom. The van der Waals surface area contributed by atoms with Crippen molar-refractivity contribution in [2.75, 3.05) is 6.54 Å². The van der Waals surface area contributed by atoms with Crippen molar-refractivity contribution >= 4 is 38.0 Å². The van der Waals surface area contributed by atoms with Crippen molar-refractivity contribution in [3.8, 4) is 33.4 Å². The van der Waals surface area contributed by atoms with E-state index in [1.807, 2.05) is 18.2 Å². The zero-order valence-corrected chi connectivity index (χ0v) is 22.1. The quantitative estimate of drug-likeness (QED) is 0.169. The first-order valence-electron chi connectivity index (χ1n) is 13.6. The van der Waals surface area contributed by atoms with Gasteiger partial charge < -0.3 is 11.1 Å². The highest BCUT2D eigenvalue weighted by Gasteiger charge is 2.17. The Kier molecular flexibility index (Phi) is 5.96. The molecule has 0 atom stereocenters. The number of allylic oxidation sites excluding steroid dienone is 1. The number of nitrogens with one attached hydrogen (secondary N) is 1. The van der Waals surface area contributed by atoms with Crippen molar-refractivity contribution in [1.82, 2.24) is 0 Å². The first-order valence-corrected chi connectivity index (χ1v) is 13.6. The van der Waals surface area contributed by atoms with Crippen molar-refractivity contribution in [3.63, 3.8) is 0 Å². The molecule has 0 fully saturated rings. The van der Waals surface area contributed by atoms with E-state index in [1.165, 1.54) is 60.1 Å². The van der Waals surface area contributed by atoms with Gasteiger partial charge in [0.25, 0.3) is 0 Å². The Bertz CT molecular complexity index is 2000. The predicted octanol–water partition coefficient (Wildman–Crippen LogP) is 9.47. The molecule has 190 valence electrons. The molecule has 0 aromatic heterocycles. The second kappa shape index (κ2) is 9.92. The summed E-state index contributed by atoms with van der Waals surface area (Å²) in [6, 6.07) is 45.7. The van der Waals surface area contributed by atoms with Crippen LogP contribution in [0.4, 0.5) is 0 Å². The lowest BCUT2D eigenvalue weighted by Gasteiger charge is -2.18. The van der Waals surface area contributed by atoms with Crippen molar-refractivity contribution in [1.29, 1.82) is 5.41 Å². The van der Waals surface area contributed by atoms with Crippen LogP contribution in [-0.2, 0) is 0 Å². The fourth-order valence-corrected chi connectivity index (χ4v) is 5.89. The summed E-state index contributed by atoms with van der Waals surface area (Å²) in [6.07, 6.45) is 3.58. The molecule has 0 bridgehead atoms. The Morgan fingerprint density at radius 2 is 1.10 bits per heavy atom. The van der Waals surface area contributed by atoms with Crippen molar-refractivity contribution in [3.05, 3.63) is 145 Å². The molecule has 0 saturated carbocycles. The van der Waals surface area contributed by atoms with Crippen LogP contribution >= 0.6 is 0 Å². The molecule has 7 aromatic carbocycles. The van der Waals surface area contributed by atoms with Gasteiger partial charge in [0.1, 0.15) is 0 Å². The SMILES string of the molecule is N=C(/C=C\CN)c1ccc(-c2cc(-c3ccc(-c4ccccc4)cc3)c3ccc4cccc5ccc2c3c54)cc1. The van der Waals surface area contributed by atoms with Gasteiger partial charge in [-0.1, -0.05) is 127 Å². The maximum absolute atomic E-state index is 8.36. The fraction of sp³-hybridized carbons (Fsp3) is 0.0263. The van der Waals surface area contributed by atoms with Crippen LogP contribution in [0, 0.1) is 5.41 Å². The van der Waals surface area contributed by atoms with E-state index >= 15 is 0 Å². The van der Waals surface area contributed by atoms with Crippen LogP contribution in [-0.4, -0.2) is 12.3 Å². The third-order valence-electron chi connectivity index (χ3n) is 7.88.